The number of aryl methyl sites for hydroxylation is 1. The fraction of sp³-hybridized carbons (Fsp3) is 0.455. The summed E-state index contributed by atoms with van der Waals surface area (Å²) in [6.07, 6.45) is 1.69. The molecule has 1 aliphatic rings. The van der Waals surface area contributed by atoms with Crippen molar-refractivity contribution in [3.05, 3.63) is 27.7 Å². The molecular formula is C11H13BrO2. The Hall–Kier alpha value is -0.540. The molecule has 2 nitrogen and oxygen atoms in total. The summed E-state index contributed by atoms with van der Waals surface area (Å²) >= 11 is 3.47. The summed E-state index contributed by atoms with van der Waals surface area (Å²) in [4.78, 5) is 0. The van der Waals surface area contributed by atoms with Crippen molar-refractivity contribution in [3.8, 4) is 5.75 Å². The third kappa shape index (κ3) is 1.55. The summed E-state index contributed by atoms with van der Waals surface area (Å²) in [6.45, 7) is 2.00. The number of hydrogen-bond acceptors (Lipinski definition) is 2. The molecule has 1 saturated carbocycles. The van der Waals surface area contributed by atoms with Crippen molar-refractivity contribution in [1.29, 1.82) is 0 Å². The topological polar surface area (TPSA) is 29.5 Å². The molecule has 0 aliphatic heterocycles. The van der Waals surface area contributed by atoms with Crippen LogP contribution in [0.2, 0.25) is 0 Å². The van der Waals surface area contributed by atoms with Gasteiger partial charge in [-0.05, 0) is 47.3 Å². The summed E-state index contributed by atoms with van der Waals surface area (Å²) in [5.74, 6) is 0.792. The van der Waals surface area contributed by atoms with E-state index in [-0.39, 0.29) is 0 Å². The second-order valence-electron chi connectivity index (χ2n) is 3.86. The Bertz CT molecular complexity index is 370. The minimum atomic E-state index is -0.613. The van der Waals surface area contributed by atoms with Gasteiger partial charge in [-0.2, -0.15) is 0 Å². The first kappa shape index (κ1) is 9.99. The molecule has 0 aromatic heterocycles. The predicted molar refractivity (Wildman–Crippen MR) is 58.6 cm³/mol. The van der Waals surface area contributed by atoms with Crippen LogP contribution in [-0.2, 0) is 5.60 Å². The summed E-state index contributed by atoms with van der Waals surface area (Å²) in [6, 6.07) is 3.97. The summed E-state index contributed by atoms with van der Waals surface area (Å²) in [7, 11) is 1.64. The Morgan fingerprint density at radius 2 is 2.07 bits per heavy atom. The lowest BCUT2D eigenvalue weighted by atomic mass is 10.0. The van der Waals surface area contributed by atoms with Crippen molar-refractivity contribution >= 4 is 15.9 Å². The van der Waals surface area contributed by atoms with Gasteiger partial charge in [0.15, 0.2) is 0 Å². The Morgan fingerprint density at radius 3 is 2.57 bits per heavy atom. The van der Waals surface area contributed by atoms with Crippen LogP contribution >= 0.6 is 15.9 Å². The molecule has 0 amide bonds. The van der Waals surface area contributed by atoms with Crippen molar-refractivity contribution < 1.29 is 9.84 Å². The highest BCUT2D eigenvalue weighted by Gasteiger charge is 2.44. The van der Waals surface area contributed by atoms with E-state index in [0.29, 0.717) is 0 Å². The molecule has 1 aromatic carbocycles. The molecule has 0 heterocycles. The number of benzene rings is 1. The number of rotatable bonds is 2. The van der Waals surface area contributed by atoms with Gasteiger partial charge in [0.25, 0.3) is 0 Å². The van der Waals surface area contributed by atoms with Crippen molar-refractivity contribution in [1.82, 2.24) is 0 Å². The molecule has 3 heteroatoms. The lowest BCUT2D eigenvalue weighted by Gasteiger charge is -2.14. The minimum absolute atomic E-state index is 0.613. The van der Waals surface area contributed by atoms with E-state index < -0.39 is 5.60 Å². The van der Waals surface area contributed by atoms with Crippen molar-refractivity contribution in [2.24, 2.45) is 0 Å². The van der Waals surface area contributed by atoms with Crippen LogP contribution in [0.15, 0.2) is 16.6 Å². The quantitative estimate of drug-likeness (QED) is 0.882. The lowest BCUT2D eigenvalue weighted by molar-refractivity contribution is 0.150. The van der Waals surface area contributed by atoms with Crippen LogP contribution in [0.25, 0.3) is 0 Å². The summed E-state index contributed by atoms with van der Waals surface area (Å²) < 4.78 is 6.11. The van der Waals surface area contributed by atoms with Crippen LogP contribution in [0, 0.1) is 6.92 Å². The molecule has 0 unspecified atom stereocenters. The number of ether oxygens (including phenoxy) is 1. The molecule has 0 atom stereocenters. The molecule has 14 heavy (non-hydrogen) atoms. The van der Waals surface area contributed by atoms with Gasteiger partial charge in [0.05, 0.1) is 17.2 Å². The van der Waals surface area contributed by atoms with Crippen LogP contribution in [0.1, 0.15) is 24.0 Å². The molecule has 76 valence electrons. The maximum absolute atomic E-state index is 10.0. The Labute approximate surface area is 92.0 Å². The van der Waals surface area contributed by atoms with Crippen LogP contribution in [-0.4, -0.2) is 12.2 Å². The van der Waals surface area contributed by atoms with E-state index in [1.165, 1.54) is 0 Å². The van der Waals surface area contributed by atoms with Crippen molar-refractivity contribution in [3.63, 3.8) is 0 Å². The van der Waals surface area contributed by atoms with Gasteiger partial charge in [-0.3, -0.25) is 0 Å². The number of aliphatic hydroxyl groups is 1. The van der Waals surface area contributed by atoms with Gasteiger partial charge in [0, 0.05) is 5.56 Å². The lowest BCUT2D eigenvalue weighted by Crippen LogP contribution is -2.06. The van der Waals surface area contributed by atoms with E-state index in [0.717, 1.165) is 34.2 Å². The van der Waals surface area contributed by atoms with Gasteiger partial charge in [-0.1, -0.05) is 6.07 Å². The van der Waals surface area contributed by atoms with Crippen LogP contribution < -0.4 is 4.74 Å². The smallest absolute Gasteiger partial charge is 0.133 e. The number of hydrogen-bond donors (Lipinski definition) is 1. The number of halogens is 1. The Morgan fingerprint density at radius 1 is 1.43 bits per heavy atom. The van der Waals surface area contributed by atoms with Gasteiger partial charge >= 0.3 is 0 Å². The summed E-state index contributed by atoms with van der Waals surface area (Å²) in [5.41, 5.74) is 1.45. The summed E-state index contributed by atoms with van der Waals surface area (Å²) in [5, 5.41) is 10.0. The molecule has 0 radical (unpaired) electrons. The van der Waals surface area contributed by atoms with Gasteiger partial charge in [-0.15, -0.1) is 0 Å². The van der Waals surface area contributed by atoms with E-state index in [4.69, 9.17) is 4.74 Å². The van der Waals surface area contributed by atoms with Crippen LogP contribution in [0.3, 0.4) is 0 Å². The monoisotopic (exact) mass is 256 g/mol. The van der Waals surface area contributed by atoms with E-state index in [2.05, 4.69) is 15.9 Å². The van der Waals surface area contributed by atoms with Crippen LogP contribution in [0.4, 0.5) is 0 Å². The third-order valence-corrected chi connectivity index (χ3v) is 3.45. The maximum Gasteiger partial charge on any atom is 0.133 e. The third-order valence-electron chi connectivity index (χ3n) is 2.63. The SMILES string of the molecule is COc1cc(C)cc(C2(O)CC2)c1Br. The highest BCUT2D eigenvalue weighted by Crippen LogP contribution is 2.50. The zero-order valence-corrected chi connectivity index (χ0v) is 9.89. The normalized spacial score (nSPS) is 18.0. The molecule has 0 saturated heterocycles. The van der Waals surface area contributed by atoms with E-state index in [1.54, 1.807) is 7.11 Å². The zero-order valence-electron chi connectivity index (χ0n) is 8.30. The molecule has 1 aliphatic carbocycles. The average molecular weight is 257 g/mol. The number of methoxy groups -OCH3 is 1. The van der Waals surface area contributed by atoms with Gasteiger partial charge in [0.2, 0.25) is 0 Å². The maximum atomic E-state index is 10.0. The van der Waals surface area contributed by atoms with E-state index in [1.807, 2.05) is 19.1 Å². The minimum Gasteiger partial charge on any atom is -0.496 e. The zero-order chi connectivity index (χ0) is 10.3. The molecule has 1 aromatic rings. The first-order chi connectivity index (χ1) is 6.57. The highest BCUT2D eigenvalue weighted by atomic mass is 79.9. The molecule has 1 fully saturated rings. The second kappa shape index (κ2) is 3.24. The standard InChI is InChI=1S/C11H13BrO2/c1-7-5-8(11(13)3-4-11)10(12)9(6-7)14-2/h5-6,13H,3-4H2,1-2H3. The first-order valence-electron chi connectivity index (χ1n) is 4.64. The van der Waals surface area contributed by atoms with Crippen molar-refractivity contribution in [2.45, 2.75) is 25.4 Å². The second-order valence-corrected chi connectivity index (χ2v) is 4.65. The molecule has 1 N–H and O–H groups in total. The van der Waals surface area contributed by atoms with Gasteiger partial charge < -0.3 is 9.84 Å². The molecule has 0 bridgehead atoms. The highest BCUT2D eigenvalue weighted by molar-refractivity contribution is 9.10. The molecular weight excluding hydrogens is 244 g/mol. The van der Waals surface area contributed by atoms with Gasteiger partial charge in [-0.25, -0.2) is 0 Å². The Balaban J connectivity index is 2.54. The van der Waals surface area contributed by atoms with Crippen LogP contribution in [0.5, 0.6) is 5.75 Å². The Kier molecular flexibility index (Phi) is 2.32. The average Bonchev–Trinajstić information content (AvgIpc) is 2.88. The van der Waals surface area contributed by atoms with Gasteiger partial charge in [0.1, 0.15) is 5.75 Å². The van der Waals surface area contributed by atoms with E-state index in [9.17, 15) is 5.11 Å². The van der Waals surface area contributed by atoms with Crippen molar-refractivity contribution in [2.75, 3.05) is 7.11 Å². The molecule has 0 spiro atoms. The largest absolute Gasteiger partial charge is 0.496 e. The molecule has 2 rings (SSSR count). The fourth-order valence-corrected chi connectivity index (χ4v) is 2.37. The predicted octanol–water partition coefficient (Wildman–Crippen LogP) is 2.75. The fourth-order valence-electron chi connectivity index (χ4n) is 1.61. The first-order valence-corrected chi connectivity index (χ1v) is 5.43. The van der Waals surface area contributed by atoms with E-state index >= 15 is 0 Å².